The molecule has 100 valence electrons. The van der Waals surface area contributed by atoms with Gasteiger partial charge in [-0.15, -0.1) is 0 Å². The van der Waals surface area contributed by atoms with Crippen LogP contribution in [0.3, 0.4) is 0 Å². The van der Waals surface area contributed by atoms with Crippen molar-refractivity contribution in [3.63, 3.8) is 0 Å². The molecular weight excluding hydrogens is 254 g/mol. The Morgan fingerprint density at radius 2 is 1.85 bits per heavy atom. The third-order valence-electron chi connectivity index (χ3n) is 2.65. The molecule has 20 heavy (non-hydrogen) atoms. The third-order valence-corrected chi connectivity index (χ3v) is 2.65. The van der Waals surface area contributed by atoms with Gasteiger partial charge in [-0.25, -0.2) is 4.79 Å². The Labute approximate surface area is 117 Å². The maximum Gasteiger partial charge on any atom is 0.349 e. The molecule has 0 aromatic heterocycles. The molecule has 2 aromatic rings. The Kier molecular flexibility index (Phi) is 4.35. The topological polar surface area (TPSA) is 59.3 Å². The van der Waals surface area contributed by atoms with E-state index in [1.165, 1.54) is 0 Å². The van der Waals surface area contributed by atoms with Crippen molar-refractivity contribution in [2.24, 2.45) is 0 Å². The number of nitrogens with zero attached hydrogens (tertiary/aromatic N) is 1. The fourth-order valence-corrected chi connectivity index (χ4v) is 1.61. The molecule has 0 aliphatic carbocycles. The van der Waals surface area contributed by atoms with Crippen molar-refractivity contribution in [2.45, 2.75) is 6.92 Å². The van der Waals surface area contributed by atoms with E-state index in [1.807, 2.05) is 31.2 Å². The van der Waals surface area contributed by atoms with Crippen molar-refractivity contribution >= 4 is 5.97 Å². The molecule has 0 bridgehead atoms. The first-order chi connectivity index (χ1) is 9.69. The summed E-state index contributed by atoms with van der Waals surface area (Å²) in [5, 5.41) is 8.67. The van der Waals surface area contributed by atoms with E-state index in [4.69, 9.17) is 14.7 Å². The Morgan fingerprint density at radius 3 is 2.50 bits per heavy atom. The molecule has 0 fully saturated rings. The Morgan fingerprint density at radius 1 is 1.15 bits per heavy atom. The van der Waals surface area contributed by atoms with Gasteiger partial charge in [-0.05, 0) is 42.8 Å². The van der Waals surface area contributed by atoms with Crippen molar-refractivity contribution in [3.05, 3.63) is 59.7 Å². The van der Waals surface area contributed by atoms with E-state index >= 15 is 0 Å². The van der Waals surface area contributed by atoms with Crippen LogP contribution in [0.2, 0.25) is 0 Å². The zero-order valence-corrected chi connectivity index (χ0v) is 11.0. The number of nitriles is 1. The van der Waals surface area contributed by atoms with Crippen LogP contribution in [0.5, 0.6) is 11.5 Å². The zero-order chi connectivity index (χ0) is 14.4. The quantitative estimate of drug-likeness (QED) is 0.631. The molecule has 0 spiro atoms. The minimum absolute atomic E-state index is 0.162. The van der Waals surface area contributed by atoms with Gasteiger partial charge in [-0.1, -0.05) is 18.2 Å². The minimum Gasteiger partial charge on any atom is -0.482 e. The first-order valence-corrected chi connectivity index (χ1v) is 6.08. The lowest BCUT2D eigenvalue weighted by Crippen LogP contribution is -2.17. The molecule has 2 aromatic carbocycles. The number of benzene rings is 2. The molecule has 0 saturated heterocycles. The van der Waals surface area contributed by atoms with Gasteiger partial charge >= 0.3 is 5.97 Å². The number of para-hydroxylation sites is 1. The highest BCUT2D eigenvalue weighted by Crippen LogP contribution is 2.16. The number of ether oxygens (including phenoxy) is 2. The van der Waals surface area contributed by atoms with Gasteiger partial charge in [0.05, 0.1) is 11.6 Å². The lowest BCUT2D eigenvalue weighted by Gasteiger charge is -2.08. The maximum atomic E-state index is 11.6. The van der Waals surface area contributed by atoms with Crippen LogP contribution in [0.15, 0.2) is 48.5 Å². The van der Waals surface area contributed by atoms with Crippen LogP contribution in [0.1, 0.15) is 11.1 Å². The average molecular weight is 267 g/mol. The molecule has 0 heterocycles. The summed E-state index contributed by atoms with van der Waals surface area (Å²) in [7, 11) is 0. The number of aryl methyl sites for hydroxylation is 1. The summed E-state index contributed by atoms with van der Waals surface area (Å²) < 4.78 is 10.5. The number of carbonyl (C=O) groups is 1. The second kappa shape index (κ2) is 6.39. The molecule has 0 radical (unpaired) electrons. The summed E-state index contributed by atoms with van der Waals surface area (Å²) in [4.78, 5) is 11.6. The predicted octanol–water partition coefficient (Wildman–Crippen LogP) is 2.85. The summed E-state index contributed by atoms with van der Waals surface area (Å²) in [6.07, 6.45) is 0. The molecule has 0 amide bonds. The molecule has 0 unspecified atom stereocenters. The first-order valence-electron chi connectivity index (χ1n) is 6.08. The van der Waals surface area contributed by atoms with Crippen LogP contribution in [0.25, 0.3) is 0 Å². The van der Waals surface area contributed by atoms with Crippen molar-refractivity contribution in [3.8, 4) is 17.6 Å². The number of hydrogen-bond donors (Lipinski definition) is 0. The normalized spacial score (nSPS) is 9.60. The third kappa shape index (κ3) is 3.59. The largest absolute Gasteiger partial charge is 0.482 e. The molecule has 0 N–H and O–H groups in total. The van der Waals surface area contributed by atoms with E-state index in [-0.39, 0.29) is 6.61 Å². The van der Waals surface area contributed by atoms with Crippen LogP contribution in [-0.2, 0) is 4.79 Å². The Bertz CT molecular complexity index is 642. The molecule has 4 heteroatoms. The van der Waals surface area contributed by atoms with Gasteiger partial charge in [0, 0.05) is 0 Å². The standard InChI is InChI=1S/C16H13NO3/c1-12-4-2-3-5-15(12)19-11-16(18)20-14-8-6-13(10-17)7-9-14/h2-9H,11H2,1H3. The summed E-state index contributed by atoms with van der Waals surface area (Å²) in [5.41, 5.74) is 1.47. The lowest BCUT2D eigenvalue weighted by atomic mass is 10.2. The molecule has 2 rings (SSSR count). The van der Waals surface area contributed by atoms with Crippen molar-refractivity contribution in [1.82, 2.24) is 0 Å². The van der Waals surface area contributed by atoms with E-state index < -0.39 is 5.97 Å². The highest BCUT2D eigenvalue weighted by atomic mass is 16.6. The molecule has 0 aliphatic heterocycles. The van der Waals surface area contributed by atoms with E-state index in [0.717, 1.165) is 5.56 Å². The van der Waals surface area contributed by atoms with E-state index in [0.29, 0.717) is 17.1 Å². The number of carbonyl (C=O) groups excluding carboxylic acids is 1. The number of rotatable bonds is 4. The van der Waals surface area contributed by atoms with Crippen molar-refractivity contribution < 1.29 is 14.3 Å². The monoisotopic (exact) mass is 267 g/mol. The number of hydrogen-bond acceptors (Lipinski definition) is 4. The van der Waals surface area contributed by atoms with E-state index in [2.05, 4.69) is 0 Å². The van der Waals surface area contributed by atoms with Crippen LogP contribution in [0.4, 0.5) is 0 Å². The van der Waals surface area contributed by atoms with Crippen LogP contribution in [0, 0.1) is 18.3 Å². The molecule has 4 nitrogen and oxygen atoms in total. The minimum atomic E-state index is -0.488. The fraction of sp³-hybridized carbons (Fsp3) is 0.125. The van der Waals surface area contributed by atoms with Crippen molar-refractivity contribution in [2.75, 3.05) is 6.61 Å². The van der Waals surface area contributed by atoms with Gasteiger partial charge in [0.15, 0.2) is 6.61 Å². The van der Waals surface area contributed by atoms with Gasteiger partial charge in [0.1, 0.15) is 11.5 Å². The molecule has 0 aliphatic rings. The Balaban J connectivity index is 1.89. The predicted molar refractivity (Wildman–Crippen MR) is 73.5 cm³/mol. The second-order valence-corrected chi connectivity index (χ2v) is 4.16. The van der Waals surface area contributed by atoms with E-state index in [1.54, 1.807) is 30.3 Å². The first kappa shape index (κ1) is 13.6. The van der Waals surface area contributed by atoms with Crippen molar-refractivity contribution in [1.29, 1.82) is 5.26 Å². The Hall–Kier alpha value is -2.80. The number of esters is 1. The average Bonchev–Trinajstić information content (AvgIpc) is 2.47. The van der Waals surface area contributed by atoms with Gasteiger partial charge in [-0.2, -0.15) is 5.26 Å². The molecule has 0 saturated carbocycles. The summed E-state index contributed by atoms with van der Waals surface area (Å²) >= 11 is 0. The maximum absolute atomic E-state index is 11.6. The van der Waals surface area contributed by atoms with Gasteiger partial charge in [0.2, 0.25) is 0 Å². The highest BCUT2D eigenvalue weighted by molar-refractivity contribution is 5.74. The van der Waals surface area contributed by atoms with Crippen LogP contribution in [-0.4, -0.2) is 12.6 Å². The lowest BCUT2D eigenvalue weighted by molar-refractivity contribution is -0.136. The van der Waals surface area contributed by atoms with Crippen LogP contribution >= 0.6 is 0 Å². The SMILES string of the molecule is Cc1ccccc1OCC(=O)Oc1ccc(C#N)cc1. The summed E-state index contributed by atoms with van der Waals surface area (Å²) in [5.74, 6) is 0.560. The zero-order valence-electron chi connectivity index (χ0n) is 11.0. The highest BCUT2D eigenvalue weighted by Gasteiger charge is 2.07. The van der Waals surface area contributed by atoms with Gasteiger partial charge < -0.3 is 9.47 Å². The summed E-state index contributed by atoms with van der Waals surface area (Å²) in [6, 6.07) is 15.8. The summed E-state index contributed by atoms with van der Waals surface area (Å²) in [6.45, 7) is 1.74. The fourth-order valence-electron chi connectivity index (χ4n) is 1.61. The molecular formula is C16H13NO3. The van der Waals surface area contributed by atoms with Gasteiger partial charge in [-0.3, -0.25) is 0 Å². The molecule has 0 atom stereocenters. The van der Waals surface area contributed by atoms with Crippen LogP contribution < -0.4 is 9.47 Å². The smallest absolute Gasteiger partial charge is 0.349 e. The van der Waals surface area contributed by atoms with Gasteiger partial charge in [0.25, 0.3) is 0 Å². The second-order valence-electron chi connectivity index (χ2n) is 4.16. The van der Waals surface area contributed by atoms with E-state index in [9.17, 15) is 4.79 Å².